The maximum Gasteiger partial charge on any atom is 0.387 e. The number of Topliss-reactive ketones (excluding diaryl/α,β-unsaturated/α-hetero) is 1. The first kappa shape index (κ1) is 15.7. The second kappa shape index (κ2) is 6.87. The van der Waals surface area contributed by atoms with Crippen LogP contribution in [0.25, 0.3) is 0 Å². The number of carbonyl (C=O) groups excluding carboxylic acids is 1. The molecule has 0 aliphatic carbocycles. The quantitative estimate of drug-likeness (QED) is 0.719. The minimum absolute atomic E-state index is 0.0253. The van der Waals surface area contributed by atoms with Crippen molar-refractivity contribution in [2.75, 3.05) is 0 Å². The van der Waals surface area contributed by atoms with Crippen LogP contribution in [-0.4, -0.2) is 12.4 Å². The summed E-state index contributed by atoms with van der Waals surface area (Å²) in [5.41, 5.74) is 0.846. The van der Waals surface area contributed by atoms with Crippen LogP contribution in [0.1, 0.15) is 15.9 Å². The monoisotopic (exact) mass is 330 g/mol. The fourth-order valence-corrected chi connectivity index (χ4v) is 2.19. The van der Waals surface area contributed by atoms with Gasteiger partial charge in [0, 0.05) is 12.0 Å². The van der Waals surface area contributed by atoms with Gasteiger partial charge in [-0.1, -0.05) is 47.5 Å². The SMILES string of the molecule is O=C(Cc1cccc(Cl)c1Cl)c1cccc(OC(F)F)c1. The van der Waals surface area contributed by atoms with E-state index in [1.807, 2.05) is 0 Å². The largest absolute Gasteiger partial charge is 0.435 e. The molecule has 0 N–H and O–H groups in total. The number of alkyl halides is 2. The second-order valence-corrected chi connectivity index (χ2v) is 5.00. The molecule has 0 atom stereocenters. The zero-order valence-electron chi connectivity index (χ0n) is 10.7. The normalized spacial score (nSPS) is 10.7. The van der Waals surface area contributed by atoms with Gasteiger partial charge in [0.05, 0.1) is 10.0 Å². The number of ether oxygens (including phenoxy) is 1. The van der Waals surface area contributed by atoms with Crippen molar-refractivity contribution in [3.63, 3.8) is 0 Å². The Morgan fingerprint density at radius 3 is 2.57 bits per heavy atom. The summed E-state index contributed by atoms with van der Waals surface area (Å²) in [6, 6.07) is 10.6. The number of hydrogen-bond donors (Lipinski definition) is 0. The zero-order chi connectivity index (χ0) is 15.4. The van der Waals surface area contributed by atoms with Gasteiger partial charge >= 0.3 is 6.61 Å². The smallest absolute Gasteiger partial charge is 0.387 e. The van der Waals surface area contributed by atoms with Crippen LogP contribution in [0.5, 0.6) is 5.75 Å². The summed E-state index contributed by atoms with van der Waals surface area (Å²) in [7, 11) is 0. The van der Waals surface area contributed by atoms with Crippen molar-refractivity contribution < 1.29 is 18.3 Å². The predicted molar refractivity (Wildman–Crippen MR) is 77.6 cm³/mol. The van der Waals surface area contributed by atoms with E-state index in [2.05, 4.69) is 4.74 Å². The van der Waals surface area contributed by atoms with Crippen LogP contribution in [0.2, 0.25) is 10.0 Å². The summed E-state index contributed by atoms with van der Waals surface area (Å²) in [6.07, 6.45) is 0.0253. The standard InChI is InChI=1S/C15H10Cl2F2O2/c16-12-6-2-4-10(14(12)17)8-13(20)9-3-1-5-11(7-9)21-15(18)19/h1-7,15H,8H2. The van der Waals surface area contributed by atoms with Gasteiger partial charge in [0.15, 0.2) is 5.78 Å². The van der Waals surface area contributed by atoms with Crippen LogP contribution in [0.4, 0.5) is 8.78 Å². The summed E-state index contributed by atoms with van der Waals surface area (Å²) < 4.78 is 28.6. The van der Waals surface area contributed by atoms with Gasteiger partial charge in [-0.25, -0.2) is 0 Å². The minimum Gasteiger partial charge on any atom is -0.435 e. The molecule has 0 bridgehead atoms. The average Bonchev–Trinajstić information content (AvgIpc) is 2.43. The van der Waals surface area contributed by atoms with Crippen molar-refractivity contribution in [1.29, 1.82) is 0 Å². The number of carbonyl (C=O) groups is 1. The van der Waals surface area contributed by atoms with E-state index >= 15 is 0 Å². The van der Waals surface area contributed by atoms with Crippen LogP contribution in [0, 0.1) is 0 Å². The van der Waals surface area contributed by atoms with Gasteiger partial charge in [0.1, 0.15) is 5.75 Å². The van der Waals surface area contributed by atoms with E-state index in [0.29, 0.717) is 15.6 Å². The lowest BCUT2D eigenvalue weighted by Gasteiger charge is -2.08. The first-order chi connectivity index (χ1) is 9.97. The van der Waals surface area contributed by atoms with Crippen molar-refractivity contribution in [2.45, 2.75) is 13.0 Å². The molecule has 2 aromatic carbocycles. The molecule has 0 saturated heterocycles. The van der Waals surface area contributed by atoms with Gasteiger partial charge in [-0.15, -0.1) is 0 Å². The molecule has 0 fully saturated rings. The summed E-state index contributed by atoms with van der Waals surface area (Å²) in [5, 5.41) is 0.671. The first-order valence-electron chi connectivity index (χ1n) is 5.98. The Hall–Kier alpha value is -1.65. The summed E-state index contributed by atoms with van der Waals surface area (Å²) >= 11 is 11.9. The number of hydrogen-bond acceptors (Lipinski definition) is 2. The molecule has 110 valence electrons. The lowest BCUT2D eigenvalue weighted by Crippen LogP contribution is -2.06. The molecule has 2 rings (SSSR count). The second-order valence-electron chi connectivity index (χ2n) is 4.22. The Bertz CT molecular complexity index is 660. The van der Waals surface area contributed by atoms with Crippen molar-refractivity contribution in [3.05, 3.63) is 63.6 Å². The number of ketones is 1. The Morgan fingerprint density at radius 1 is 1.14 bits per heavy atom. The van der Waals surface area contributed by atoms with E-state index < -0.39 is 6.61 Å². The molecule has 2 nitrogen and oxygen atoms in total. The Labute approximate surface area is 130 Å². The molecular formula is C15H10Cl2F2O2. The highest BCUT2D eigenvalue weighted by molar-refractivity contribution is 6.42. The number of rotatable bonds is 5. The number of benzene rings is 2. The third-order valence-corrected chi connectivity index (χ3v) is 3.62. The molecule has 0 spiro atoms. The van der Waals surface area contributed by atoms with Gasteiger partial charge in [-0.2, -0.15) is 8.78 Å². The van der Waals surface area contributed by atoms with Gasteiger partial charge in [0.2, 0.25) is 0 Å². The van der Waals surface area contributed by atoms with Crippen molar-refractivity contribution in [3.8, 4) is 5.75 Å². The van der Waals surface area contributed by atoms with E-state index in [0.717, 1.165) is 0 Å². The Balaban J connectivity index is 2.18. The van der Waals surface area contributed by atoms with Crippen molar-refractivity contribution in [2.24, 2.45) is 0 Å². The fraction of sp³-hybridized carbons (Fsp3) is 0.133. The van der Waals surface area contributed by atoms with E-state index in [1.165, 1.54) is 24.3 Å². The van der Waals surface area contributed by atoms with E-state index in [-0.39, 0.29) is 23.5 Å². The molecule has 0 heterocycles. The topological polar surface area (TPSA) is 26.3 Å². The first-order valence-corrected chi connectivity index (χ1v) is 6.74. The van der Waals surface area contributed by atoms with Crippen molar-refractivity contribution in [1.82, 2.24) is 0 Å². The number of halogens is 4. The molecule has 0 aliphatic rings. The lowest BCUT2D eigenvalue weighted by molar-refractivity contribution is -0.0498. The highest BCUT2D eigenvalue weighted by Crippen LogP contribution is 2.27. The minimum atomic E-state index is -2.93. The summed E-state index contributed by atoms with van der Waals surface area (Å²) in [6.45, 7) is -2.93. The highest BCUT2D eigenvalue weighted by Gasteiger charge is 2.13. The Morgan fingerprint density at radius 2 is 1.86 bits per heavy atom. The van der Waals surface area contributed by atoms with E-state index in [1.54, 1.807) is 18.2 Å². The van der Waals surface area contributed by atoms with Crippen LogP contribution in [-0.2, 0) is 6.42 Å². The van der Waals surface area contributed by atoms with E-state index in [4.69, 9.17) is 23.2 Å². The Kier molecular flexibility index (Phi) is 5.15. The molecule has 0 radical (unpaired) electrons. The fourth-order valence-electron chi connectivity index (χ4n) is 1.81. The lowest BCUT2D eigenvalue weighted by atomic mass is 10.0. The molecule has 21 heavy (non-hydrogen) atoms. The molecule has 0 unspecified atom stereocenters. The van der Waals surface area contributed by atoms with Crippen LogP contribution in [0.3, 0.4) is 0 Å². The van der Waals surface area contributed by atoms with Crippen molar-refractivity contribution >= 4 is 29.0 Å². The van der Waals surface area contributed by atoms with Crippen LogP contribution in [0.15, 0.2) is 42.5 Å². The highest BCUT2D eigenvalue weighted by atomic mass is 35.5. The summed E-state index contributed by atoms with van der Waals surface area (Å²) in [4.78, 5) is 12.2. The van der Waals surface area contributed by atoms with Gasteiger partial charge in [0.25, 0.3) is 0 Å². The molecule has 6 heteroatoms. The molecule has 0 saturated carbocycles. The van der Waals surface area contributed by atoms with Gasteiger partial charge in [-0.3, -0.25) is 4.79 Å². The maximum absolute atomic E-state index is 12.2. The third-order valence-electron chi connectivity index (χ3n) is 2.76. The molecule has 0 amide bonds. The maximum atomic E-state index is 12.2. The zero-order valence-corrected chi connectivity index (χ0v) is 12.2. The summed E-state index contributed by atoms with van der Waals surface area (Å²) in [5.74, 6) is -0.327. The van der Waals surface area contributed by atoms with Gasteiger partial charge < -0.3 is 4.74 Å². The van der Waals surface area contributed by atoms with Crippen LogP contribution < -0.4 is 4.74 Å². The van der Waals surface area contributed by atoms with Crippen LogP contribution >= 0.6 is 23.2 Å². The van der Waals surface area contributed by atoms with Gasteiger partial charge in [-0.05, 0) is 23.8 Å². The van der Waals surface area contributed by atoms with E-state index in [9.17, 15) is 13.6 Å². The molecule has 2 aromatic rings. The predicted octanol–water partition coefficient (Wildman–Crippen LogP) is 5.02. The third kappa shape index (κ3) is 4.16. The average molecular weight is 331 g/mol. The molecule has 0 aliphatic heterocycles. The molecule has 0 aromatic heterocycles. The molecular weight excluding hydrogens is 321 g/mol.